The number of rotatable bonds is 14. The summed E-state index contributed by atoms with van der Waals surface area (Å²) in [6.07, 6.45) is 36.4. The summed E-state index contributed by atoms with van der Waals surface area (Å²) in [6, 6.07) is 16.8. The number of thiophene rings is 2. The van der Waals surface area contributed by atoms with Gasteiger partial charge in [0.25, 0.3) is 0 Å². The molecule has 14 rings (SSSR count). The predicted molar refractivity (Wildman–Crippen MR) is 393 cm³/mol. The number of isocyanates is 1. The molecule has 23 nitrogen and oxygen atoms in total. The Balaban J connectivity index is 0.000000194. The number of benzene rings is 2. The van der Waals surface area contributed by atoms with Gasteiger partial charge in [-0.3, -0.25) is 9.97 Å². The minimum atomic E-state index is -0.633. The first kappa shape index (κ1) is 79.2. The SMILES string of the molecule is Cn1cnc(-c2cc3nccc(Oc4ccc(N)cc4F)c3s2)c1.Cn1cnc(-c2cc3nccc(Oc4ccc(NC(=O)N5CCN(C6CCCCC6)C5=O)cc4F)c3s2)c1.NC1CCCCC1.O=C(NCCCl)NC1CCCCC1.O=C1NCCN1C1CCCCC1.O=C=NCCCl.[H-].[Na+]. The normalized spacial score (nSPS) is 16.4. The molecule has 2 aromatic carbocycles. The second-order valence-electron chi connectivity index (χ2n) is 25.2. The number of hydrogen-bond acceptors (Lipinski definition) is 16. The van der Waals surface area contributed by atoms with Crippen molar-refractivity contribution >= 4 is 108 Å². The van der Waals surface area contributed by atoms with Gasteiger partial charge in [0.1, 0.15) is 11.5 Å². The van der Waals surface area contributed by atoms with Crippen LogP contribution in [0.5, 0.6) is 23.0 Å². The number of urea groups is 4. The van der Waals surface area contributed by atoms with Crippen molar-refractivity contribution in [3.63, 3.8) is 0 Å². The molecule has 6 aromatic heterocycles. The average Bonchev–Trinajstić information content (AvgIpc) is 1.65. The van der Waals surface area contributed by atoms with Crippen LogP contribution in [0.2, 0.25) is 0 Å². The third kappa shape index (κ3) is 23.8. The zero-order chi connectivity index (χ0) is 70.8. The van der Waals surface area contributed by atoms with Gasteiger partial charge >= 0.3 is 53.7 Å². The molecule has 8 heterocycles. The molecule has 6 fully saturated rings. The molecule has 538 valence electrons. The number of nitrogens with one attached hydrogen (secondary N) is 4. The van der Waals surface area contributed by atoms with E-state index >= 15 is 4.39 Å². The van der Waals surface area contributed by atoms with Crippen molar-refractivity contribution < 1.29 is 73.2 Å². The number of imidazole rings is 2. The van der Waals surface area contributed by atoms with Crippen molar-refractivity contribution in [3.8, 4) is 44.1 Å². The second kappa shape index (κ2) is 41.0. The molecular formula is C71H91Cl2F2N16NaO7S2. The van der Waals surface area contributed by atoms with Crippen LogP contribution in [0.15, 0.2) is 103 Å². The van der Waals surface area contributed by atoms with Gasteiger partial charge < -0.3 is 62.6 Å². The van der Waals surface area contributed by atoms with Gasteiger partial charge in [0, 0.05) is 143 Å². The Morgan fingerprint density at radius 3 is 1.65 bits per heavy atom. The number of alkyl halides is 2. The van der Waals surface area contributed by atoms with Crippen molar-refractivity contribution in [3.05, 3.63) is 110 Å². The van der Waals surface area contributed by atoms with Crippen LogP contribution in [0.4, 0.5) is 39.3 Å². The Labute approximate surface area is 629 Å². The predicted octanol–water partition coefficient (Wildman–Crippen LogP) is 12.6. The molecular weight excluding hydrogens is 1380 g/mol. The molecule has 4 saturated carbocycles. The smallest absolute Gasteiger partial charge is 1.00 e. The van der Waals surface area contributed by atoms with E-state index in [0.717, 1.165) is 93.2 Å². The maximum atomic E-state index is 15.0. The van der Waals surface area contributed by atoms with E-state index < -0.39 is 17.7 Å². The number of nitrogen functional groups attached to an aromatic ring is 1. The van der Waals surface area contributed by atoms with Crippen molar-refractivity contribution in [1.82, 2.24) is 59.7 Å². The van der Waals surface area contributed by atoms with Crippen LogP contribution in [0.25, 0.3) is 41.6 Å². The van der Waals surface area contributed by atoms with Gasteiger partial charge in [-0.1, -0.05) is 77.0 Å². The fourth-order valence-corrected chi connectivity index (χ4v) is 14.8. The number of aromatic nitrogens is 6. The molecule has 0 unspecified atom stereocenters. The molecule has 8 N–H and O–H groups in total. The first-order valence-corrected chi connectivity index (χ1v) is 37.1. The molecule has 8 amide bonds. The monoisotopic (exact) mass is 1470 g/mol. The minimum absolute atomic E-state index is 0. The van der Waals surface area contributed by atoms with Crippen LogP contribution >= 0.6 is 45.9 Å². The first-order valence-electron chi connectivity index (χ1n) is 34.4. The fourth-order valence-electron chi connectivity index (χ4n) is 12.6. The molecule has 101 heavy (non-hydrogen) atoms. The Bertz CT molecular complexity index is 4010. The number of halogens is 4. The summed E-state index contributed by atoms with van der Waals surface area (Å²) in [5.74, 6) is 0.910. The van der Waals surface area contributed by atoms with Crippen molar-refractivity contribution in [2.24, 2.45) is 24.8 Å². The first-order chi connectivity index (χ1) is 48.6. The van der Waals surface area contributed by atoms with Crippen LogP contribution in [0, 0.1) is 11.6 Å². The second-order valence-corrected chi connectivity index (χ2v) is 28.1. The van der Waals surface area contributed by atoms with Gasteiger partial charge in [0.15, 0.2) is 23.1 Å². The summed E-state index contributed by atoms with van der Waals surface area (Å²) >= 11 is 13.5. The van der Waals surface area contributed by atoms with E-state index in [2.05, 4.69) is 46.2 Å². The molecule has 30 heteroatoms. The maximum Gasteiger partial charge on any atom is 1.00 e. The van der Waals surface area contributed by atoms with Crippen LogP contribution in [0.1, 0.15) is 130 Å². The molecule has 8 aromatic rings. The molecule has 6 aliphatic rings. The number of aryl methyl sites for hydroxylation is 2. The maximum absolute atomic E-state index is 15.0. The Morgan fingerprint density at radius 2 is 1.20 bits per heavy atom. The van der Waals surface area contributed by atoms with E-state index in [-0.39, 0.29) is 72.3 Å². The van der Waals surface area contributed by atoms with E-state index in [1.54, 1.807) is 54.2 Å². The molecule has 2 saturated heterocycles. The van der Waals surface area contributed by atoms with Crippen LogP contribution in [0.3, 0.4) is 0 Å². The quantitative estimate of drug-likeness (QED) is 0.0194. The average molecular weight is 1480 g/mol. The summed E-state index contributed by atoms with van der Waals surface area (Å²) in [7, 11) is 3.82. The number of ether oxygens (including phenoxy) is 2. The van der Waals surface area contributed by atoms with E-state index in [0.29, 0.717) is 73.3 Å². The summed E-state index contributed by atoms with van der Waals surface area (Å²) in [5, 5.41) is 11.1. The number of amides is 8. The van der Waals surface area contributed by atoms with E-state index in [9.17, 15) is 28.4 Å². The van der Waals surface area contributed by atoms with E-state index in [1.807, 2.05) is 52.7 Å². The van der Waals surface area contributed by atoms with Gasteiger partial charge in [-0.2, -0.15) is 0 Å². The molecule has 0 radical (unpaired) electrons. The van der Waals surface area contributed by atoms with Gasteiger partial charge in [-0.25, -0.2) is 52.6 Å². The van der Waals surface area contributed by atoms with Gasteiger partial charge in [0.2, 0.25) is 6.08 Å². The van der Waals surface area contributed by atoms with Crippen molar-refractivity contribution in [2.75, 3.05) is 62.1 Å². The number of nitrogens with zero attached hydrogens (tertiary/aromatic N) is 10. The summed E-state index contributed by atoms with van der Waals surface area (Å²) < 4.78 is 46.0. The number of pyridine rings is 2. The Hall–Kier alpha value is -7.46. The number of carbonyl (C=O) groups excluding carboxylic acids is 5. The summed E-state index contributed by atoms with van der Waals surface area (Å²) in [4.78, 5) is 84.9. The van der Waals surface area contributed by atoms with Crippen LogP contribution in [-0.4, -0.2) is 149 Å². The standard InChI is InChI=1S/C27H27FN6O3S.C17H13FN4OS.C9H17ClN2O.C9H16N2O.C6H13N.C3H4ClNO.Na.H/c1-32-15-21(30-16-32)24-14-20-25(38-24)23(9-10-29-20)37-22-8-7-17(13-19(22)28)31-26(35)34-12-11-33(27(34)36)18-5-3-2-4-6-18;1-22-8-13(21-9-22)16-7-12-17(24-16)15(4-5-20-12)23-14-3-2-10(19)6-11(14)18;10-6-7-11-9(13)12-8-4-2-1-3-5-8;12-9-10-6-7-11(9)8-4-2-1-3-5-8;7-6-4-2-1-3-5-6;4-1-2-5-3-6;;/h7-10,13-16,18H,2-6,11-12H2,1H3,(H,31,35);2-9H,19H2,1H3;8H,1-7H2,(H2,11,12,13);8H,1-7H2,(H,10,12);6H,1-5,7H2;1-2H2;;/q;;;;;;+1;-1. The Kier molecular flexibility index (Phi) is 32.2. The molecule has 4 aliphatic carbocycles. The third-order valence-electron chi connectivity index (χ3n) is 17.7. The number of anilines is 2. The molecule has 0 spiro atoms. The third-order valence-corrected chi connectivity index (χ3v) is 20.4. The molecule has 2 aliphatic heterocycles. The van der Waals surface area contributed by atoms with E-state index in [4.69, 9.17) is 44.1 Å². The number of aliphatic imine (C=N–C) groups is 1. The van der Waals surface area contributed by atoms with Gasteiger partial charge in [0.05, 0.1) is 60.8 Å². The number of fused-ring (bicyclic) bond motifs is 2. The zero-order valence-electron chi connectivity index (χ0n) is 58.7. The summed E-state index contributed by atoms with van der Waals surface area (Å²) in [6.45, 7) is 3.54. The van der Waals surface area contributed by atoms with E-state index in [1.165, 1.54) is 148 Å². The summed E-state index contributed by atoms with van der Waals surface area (Å²) in [5.41, 5.74) is 15.0. The number of imide groups is 1. The van der Waals surface area contributed by atoms with Crippen molar-refractivity contribution in [2.45, 2.75) is 153 Å². The number of carbonyl (C=O) groups is 4. The molecule has 0 atom stereocenters. The molecule has 0 bridgehead atoms. The topological polar surface area (TPSA) is 287 Å². The van der Waals surface area contributed by atoms with Crippen molar-refractivity contribution in [1.29, 1.82) is 0 Å². The number of nitrogens with two attached hydrogens (primary N) is 2. The minimum Gasteiger partial charge on any atom is -1.00 e. The largest absolute Gasteiger partial charge is 1.00 e. The fraction of sp³-hybridized carbons (Fsp3) is 0.479. The Morgan fingerprint density at radius 1 is 0.673 bits per heavy atom. The zero-order valence-corrected chi connectivity index (χ0v) is 62.8. The number of hydrogen-bond donors (Lipinski definition) is 6. The van der Waals surface area contributed by atoms with Crippen LogP contribution < -0.4 is 71.8 Å². The van der Waals surface area contributed by atoms with Gasteiger partial charge in [-0.15, -0.1) is 45.9 Å². The van der Waals surface area contributed by atoms with Crippen LogP contribution in [-0.2, 0) is 18.9 Å². The van der Waals surface area contributed by atoms with Gasteiger partial charge in [-0.05, 0) is 87.8 Å².